The van der Waals surface area contributed by atoms with Gasteiger partial charge in [0.05, 0.1) is 0 Å². The Morgan fingerprint density at radius 3 is 2.05 bits per heavy atom. The van der Waals surface area contributed by atoms with Crippen LogP contribution in [0.15, 0.2) is 30.3 Å². The molecule has 0 radical (unpaired) electrons. The Balaban J connectivity index is 3.04. The van der Waals surface area contributed by atoms with Gasteiger partial charge in [0, 0.05) is 24.7 Å². The van der Waals surface area contributed by atoms with Crippen LogP contribution in [0.1, 0.15) is 59.6 Å². The monoisotopic (exact) mass is 290 g/mol. The third-order valence-corrected chi connectivity index (χ3v) is 4.05. The summed E-state index contributed by atoms with van der Waals surface area (Å²) in [6.45, 7) is 15.9. The molecule has 1 aromatic carbocycles. The zero-order valence-electron chi connectivity index (χ0n) is 14.8. The molecule has 0 aliphatic rings. The summed E-state index contributed by atoms with van der Waals surface area (Å²) in [5.74, 6) is 0.694. The van der Waals surface area contributed by atoms with Crippen molar-refractivity contribution in [2.45, 2.75) is 66.1 Å². The molecule has 2 nitrogen and oxygen atoms in total. The second kappa shape index (κ2) is 9.22. The van der Waals surface area contributed by atoms with Crippen LogP contribution < -0.4 is 5.32 Å². The summed E-state index contributed by atoms with van der Waals surface area (Å²) >= 11 is 0. The van der Waals surface area contributed by atoms with Crippen LogP contribution in [0.2, 0.25) is 0 Å². The molecular weight excluding hydrogens is 256 g/mol. The van der Waals surface area contributed by atoms with Crippen LogP contribution in [0, 0.1) is 5.92 Å². The fraction of sp³-hybridized carbons (Fsp3) is 0.684. The molecule has 2 heteroatoms. The van der Waals surface area contributed by atoms with Gasteiger partial charge in [-0.15, -0.1) is 0 Å². The fourth-order valence-corrected chi connectivity index (χ4v) is 3.17. The average Bonchev–Trinajstić information content (AvgIpc) is 2.46. The third kappa shape index (κ3) is 5.44. The van der Waals surface area contributed by atoms with Gasteiger partial charge < -0.3 is 5.32 Å². The maximum absolute atomic E-state index is 3.72. The van der Waals surface area contributed by atoms with E-state index in [1.165, 1.54) is 5.56 Å². The second-order valence-corrected chi connectivity index (χ2v) is 6.61. The van der Waals surface area contributed by atoms with Gasteiger partial charge in [-0.1, -0.05) is 58.0 Å². The Labute approximate surface area is 131 Å². The molecule has 2 unspecified atom stereocenters. The van der Waals surface area contributed by atoms with E-state index in [0.717, 1.165) is 19.5 Å². The van der Waals surface area contributed by atoms with Gasteiger partial charge in [0.2, 0.25) is 0 Å². The molecule has 1 N–H and O–H groups in total. The average molecular weight is 290 g/mol. The fourth-order valence-electron chi connectivity index (χ4n) is 3.17. The molecule has 0 aliphatic heterocycles. The van der Waals surface area contributed by atoms with Crippen molar-refractivity contribution in [3.63, 3.8) is 0 Å². The molecule has 0 aromatic heterocycles. The molecule has 2 atom stereocenters. The highest BCUT2D eigenvalue weighted by Gasteiger charge is 2.28. The summed E-state index contributed by atoms with van der Waals surface area (Å²) in [7, 11) is 0. The lowest BCUT2D eigenvalue weighted by Gasteiger charge is -2.41. The first-order chi connectivity index (χ1) is 10.0. The van der Waals surface area contributed by atoms with E-state index in [1.807, 2.05) is 0 Å². The van der Waals surface area contributed by atoms with E-state index in [-0.39, 0.29) is 0 Å². The molecule has 1 rings (SSSR count). The first-order valence-corrected chi connectivity index (χ1v) is 8.55. The van der Waals surface area contributed by atoms with Gasteiger partial charge >= 0.3 is 0 Å². The molecule has 0 bridgehead atoms. The maximum Gasteiger partial charge on any atom is 0.0478 e. The number of nitrogens with one attached hydrogen (secondary N) is 1. The summed E-state index contributed by atoms with van der Waals surface area (Å²) in [5, 5.41) is 3.72. The van der Waals surface area contributed by atoms with E-state index in [9.17, 15) is 0 Å². The molecule has 1 aromatic rings. The first-order valence-electron chi connectivity index (χ1n) is 8.55. The van der Waals surface area contributed by atoms with Crippen molar-refractivity contribution in [3.05, 3.63) is 35.9 Å². The Kier molecular flexibility index (Phi) is 7.98. The standard InChI is InChI=1S/C19H34N2/c1-7-18(21(16(5)6)14-15(3)4)19(20-8-2)17-12-10-9-11-13-17/h9-13,15-16,18-20H,7-8,14H2,1-6H3. The summed E-state index contributed by atoms with van der Waals surface area (Å²) in [4.78, 5) is 2.67. The number of nitrogens with zero attached hydrogens (tertiary/aromatic N) is 1. The number of hydrogen-bond donors (Lipinski definition) is 1. The third-order valence-electron chi connectivity index (χ3n) is 4.05. The van der Waals surface area contributed by atoms with Crippen molar-refractivity contribution in [1.82, 2.24) is 10.2 Å². The summed E-state index contributed by atoms with van der Waals surface area (Å²) in [6.07, 6.45) is 1.16. The van der Waals surface area contributed by atoms with Gasteiger partial charge in [-0.2, -0.15) is 0 Å². The summed E-state index contributed by atoms with van der Waals surface area (Å²) in [5.41, 5.74) is 1.40. The zero-order valence-corrected chi connectivity index (χ0v) is 14.8. The Morgan fingerprint density at radius 1 is 1.00 bits per heavy atom. The lowest BCUT2D eigenvalue weighted by Crippen LogP contribution is -2.49. The zero-order chi connectivity index (χ0) is 15.8. The molecule has 0 spiro atoms. The van der Waals surface area contributed by atoms with Crippen LogP contribution in [0.25, 0.3) is 0 Å². The highest BCUT2D eigenvalue weighted by atomic mass is 15.2. The van der Waals surface area contributed by atoms with Crippen LogP contribution in [0.4, 0.5) is 0 Å². The van der Waals surface area contributed by atoms with E-state index in [4.69, 9.17) is 0 Å². The minimum atomic E-state index is 0.405. The Hall–Kier alpha value is -0.860. The van der Waals surface area contributed by atoms with E-state index in [0.29, 0.717) is 24.0 Å². The van der Waals surface area contributed by atoms with E-state index >= 15 is 0 Å². The molecule has 0 heterocycles. The van der Waals surface area contributed by atoms with Crippen molar-refractivity contribution >= 4 is 0 Å². The van der Waals surface area contributed by atoms with Gasteiger partial charge in [0.25, 0.3) is 0 Å². The number of benzene rings is 1. The second-order valence-electron chi connectivity index (χ2n) is 6.61. The maximum atomic E-state index is 3.72. The highest BCUT2D eigenvalue weighted by Crippen LogP contribution is 2.26. The smallest absolute Gasteiger partial charge is 0.0478 e. The van der Waals surface area contributed by atoms with E-state index in [2.05, 4.69) is 82.1 Å². The first kappa shape index (κ1) is 18.2. The van der Waals surface area contributed by atoms with Crippen molar-refractivity contribution in [2.24, 2.45) is 5.92 Å². The number of hydrogen-bond acceptors (Lipinski definition) is 2. The largest absolute Gasteiger partial charge is 0.309 e. The molecule has 120 valence electrons. The van der Waals surface area contributed by atoms with Crippen LogP contribution in [-0.4, -0.2) is 30.1 Å². The van der Waals surface area contributed by atoms with E-state index in [1.54, 1.807) is 0 Å². The van der Waals surface area contributed by atoms with Crippen molar-refractivity contribution in [3.8, 4) is 0 Å². The normalized spacial score (nSPS) is 14.9. The van der Waals surface area contributed by atoms with Crippen LogP contribution >= 0.6 is 0 Å². The molecule has 21 heavy (non-hydrogen) atoms. The van der Waals surface area contributed by atoms with Gasteiger partial charge in [-0.3, -0.25) is 4.90 Å². The SMILES string of the molecule is CCNC(c1ccccc1)C(CC)N(CC(C)C)C(C)C. The quantitative estimate of drug-likeness (QED) is 0.721. The molecule has 0 aliphatic carbocycles. The number of likely N-dealkylation sites (N-methyl/N-ethyl adjacent to an activating group) is 1. The predicted octanol–water partition coefficient (Wildman–Crippen LogP) is 4.48. The highest BCUT2D eigenvalue weighted by molar-refractivity contribution is 5.21. The molecule has 0 fully saturated rings. The van der Waals surface area contributed by atoms with Crippen molar-refractivity contribution in [2.75, 3.05) is 13.1 Å². The van der Waals surface area contributed by atoms with Crippen LogP contribution in [0.3, 0.4) is 0 Å². The van der Waals surface area contributed by atoms with Gasteiger partial charge in [0.15, 0.2) is 0 Å². The van der Waals surface area contributed by atoms with Crippen molar-refractivity contribution in [1.29, 1.82) is 0 Å². The van der Waals surface area contributed by atoms with Crippen LogP contribution in [0.5, 0.6) is 0 Å². The van der Waals surface area contributed by atoms with Crippen LogP contribution in [-0.2, 0) is 0 Å². The lowest BCUT2D eigenvalue weighted by molar-refractivity contribution is 0.102. The topological polar surface area (TPSA) is 15.3 Å². The van der Waals surface area contributed by atoms with Gasteiger partial charge in [0.1, 0.15) is 0 Å². The molecule has 0 saturated heterocycles. The lowest BCUT2D eigenvalue weighted by atomic mass is 9.94. The summed E-state index contributed by atoms with van der Waals surface area (Å²) in [6, 6.07) is 12.4. The van der Waals surface area contributed by atoms with Gasteiger partial charge in [-0.05, 0) is 38.3 Å². The van der Waals surface area contributed by atoms with Gasteiger partial charge in [-0.25, -0.2) is 0 Å². The minimum absolute atomic E-state index is 0.405. The van der Waals surface area contributed by atoms with E-state index < -0.39 is 0 Å². The Bertz CT molecular complexity index is 372. The van der Waals surface area contributed by atoms with Crippen molar-refractivity contribution < 1.29 is 0 Å². The minimum Gasteiger partial charge on any atom is -0.309 e. The summed E-state index contributed by atoms with van der Waals surface area (Å²) < 4.78 is 0. The molecule has 0 amide bonds. The predicted molar refractivity (Wildman–Crippen MR) is 93.6 cm³/mol. The number of rotatable bonds is 9. The molecular formula is C19H34N2. The molecule has 0 saturated carbocycles. The Morgan fingerprint density at radius 2 is 1.62 bits per heavy atom.